The molecule has 1 saturated carbocycles. The van der Waals surface area contributed by atoms with E-state index in [1.54, 1.807) is 23.5 Å². The molecule has 0 aliphatic heterocycles. The van der Waals surface area contributed by atoms with E-state index in [4.69, 9.17) is 5.11 Å². The lowest BCUT2D eigenvalue weighted by atomic mass is 9.91. The molecule has 0 aromatic heterocycles. The van der Waals surface area contributed by atoms with Gasteiger partial charge < -0.3 is 5.11 Å². The molecule has 1 aliphatic carbocycles. The summed E-state index contributed by atoms with van der Waals surface area (Å²) < 4.78 is 0. The molecule has 1 fully saturated rings. The van der Waals surface area contributed by atoms with Gasteiger partial charge in [-0.1, -0.05) is 6.07 Å². The summed E-state index contributed by atoms with van der Waals surface area (Å²) in [5, 5.41) is 9.04. The Kier molecular flexibility index (Phi) is 4.62. The highest BCUT2D eigenvalue weighted by Gasteiger charge is 2.33. The third kappa shape index (κ3) is 3.23. The molecule has 1 aromatic carbocycles. The van der Waals surface area contributed by atoms with Gasteiger partial charge in [0.25, 0.3) is 0 Å². The van der Waals surface area contributed by atoms with E-state index in [1.165, 1.54) is 28.2 Å². The molecule has 0 heterocycles. The van der Waals surface area contributed by atoms with Gasteiger partial charge in [-0.15, -0.1) is 23.5 Å². The van der Waals surface area contributed by atoms with Crippen molar-refractivity contribution in [3.05, 3.63) is 23.8 Å². The standard InChI is InChI=1S/C14H18O2S2/c1-17-12-6-5-10(7-13(12)18-2)11(8-14(15)16)9-3-4-9/h5-7,9,11H,3-4,8H2,1-2H3,(H,15,16). The maximum atomic E-state index is 11.0. The average molecular weight is 282 g/mol. The summed E-state index contributed by atoms with van der Waals surface area (Å²) in [6.45, 7) is 0. The Morgan fingerprint density at radius 1 is 1.33 bits per heavy atom. The van der Waals surface area contributed by atoms with Crippen LogP contribution in [-0.2, 0) is 4.79 Å². The van der Waals surface area contributed by atoms with Crippen LogP contribution in [0.5, 0.6) is 0 Å². The van der Waals surface area contributed by atoms with Crippen molar-refractivity contribution in [2.24, 2.45) is 5.92 Å². The Hall–Kier alpha value is -0.610. The number of carbonyl (C=O) groups is 1. The summed E-state index contributed by atoms with van der Waals surface area (Å²) in [5.41, 5.74) is 1.20. The van der Waals surface area contributed by atoms with Crippen molar-refractivity contribution in [1.29, 1.82) is 0 Å². The number of carboxylic acid groups (broad SMARTS) is 1. The van der Waals surface area contributed by atoms with Crippen LogP contribution in [0.3, 0.4) is 0 Å². The van der Waals surface area contributed by atoms with Gasteiger partial charge in [0.15, 0.2) is 0 Å². The molecule has 0 bridgehead atoms. The second kappa shape index (κ2) is 6.02. The molecule has 1 aromatic rings. The summed E-state index contributed by atoms with van der Waals surface area (Å²) in [6.07, 6.45) is 6.76. The maximum absolute atomic E-state index is 11.0. The molecule has 0 spiro atoms. The van der Waals surface area contributed by atoms with Gasteiger partial charge in [0.1, 0.15) is 0 Å². The average Bonchev–Trinajstić information content (AvgIpc) is 3.19. The highest BCUT2D eigenvalue weighted by Crippen LogP contribution is 2.45. The van der Waals surface area contributed by atoms with Crippen LogP contribution in [0.1, 0.15) is 30.7 Å². The molecule has 4 heteroatoms. The second-order valence-electron chi connectivity index (χ2n) is 4.66. The molecule has 1 N–H and O–H groups in total. The van der Waals surface area contributed by atoms with Gasteiger partial charge in [-0.2, -0.15) is 0 Å². The smallest absolute Gasteiger partial charge is 0.303 e. The Morgan fingerprint density at radius 3 is 2.50 bits per heavy atom. The van der Waals surface area contributed by atoms with Gasteiger partial charge in [0.2, 0.25) is 0 Å². The number of hydrogen-bond acceptors (Lipinski definition) is 3. The summed E-state index contributed by atoms with van der Waals surface area (Å²) in [7, 11) is 0. The molecule has 18 heavy (non-hydrogen) atoms. The molecule has 1 unspecified atom stereocenters. The van der Waals surface area contributed by atoms with Gasteiger partial charge in [0, 0.05) is 9.79 Å². The Morgan fingerprint density at radius 2 is 2.00 bits per heavy atom. The molecule has 1 atom stereocenters. The van der Waals surface area contributed by atoms with Crippen molar-refractivity contribution >= 4 is 29.5 Å². The minimum atomic E-state index is -0.688. The number of rotatable bonds is 6. The van der Waals surface area contributed by atoms with Crippen molar-refractivity contribution in [3.63, 3.8) is 0 Å². The number of carboxylic acids is 1. The van der Waals surface area contributed by atoms with E-state index in [9.17, 15) is 4.79 Å². The van der Waals surface area contributed by atoms with Gasteiger partial charge in [-0.3, -0.25) is 4.79 Å². The SMILES string of the molecule is CSc1ccc(C(CC(=O)O)C2CC2)cc1SC. The molecular weight excluding hydrogens is 264 g/mol. The molecule has 1 aliphatic rings. The van der Waals surface area contributed by atoms with E-state index in [0.717, 1.165) is 0 Å². The fourth-order valence-corrected chi connectivity index (χ4v) is 3.81. The topological polar surface area (TPSA) is 37.3 Å². The van der Waals surface area contributed by atoms with Gasteiger partial charge in [-0.05, 0) is 54.9 Å². The van der Waals surface area contributed by atoms with Crippen LogP contribution in [0.25, 0.3) is 0 Å². The fourth-order valence-electron chi connectivity index (χ4n) is 2.33. The largest absolute Gasteiger partial charge is 0.481 e. The first kappa shape index (κ1) is 13.8. The van der Waals surface area contributed by atoms with Gasteiger partial charge in [-0.25, -0.2) is 0 Å². The van der Waals surface area contributed by atoms with Crippen molar-refractivity contribution in [2.45, 2.75) is 35.0 Å². The van der Waals surface area contributed by atoms with Crippen LogP contribution < -0.4 is 0 Å². The summed E-state index contributed by atoms with van der Waals surface area (Å²) in [5.74, 6) is 0.0896. The third-order valence-electron chi connectivity index (χ3n) is 3.42. The van der Waals surface area contributed by atoms with Crippen LogP contribution in [0.15, 0.2) is 28.0 Å². The number of benzene rings is 1. The molecule has 0 amide bonds. The lowest BCUT2D eigenvalue weighted by Gasteiger charge is -2.16. The van der Waals surface area contributed by atoms with Crippen LogP contribution in [-0.4, -0.2) is 23.6 Å². The zero-order chi connectivity index (χ0) is 13.1. The quantitative estimate of drug-likeness (QED) is 0.797. The molecule has 98 valence electrons. The van der Waals surface area contributed by atoms with E-state index >= 15 is 0 Å². The van der Waals surface area contributed by atoms with Gasteiger partial charge >= 0.3 is 5.97 Å². The van der Waals surface area contributed by atoms with Gasteiger partial charge in [0.05, 0.1) is 6.42 Å². The molecule has 0 saturated heterocycles. The summed E-state index contributed by atoms with van der Waals surface area (Å²) >= 11 is 3.48. The Labute approximate surface area is 117 Å². The summed E-state index contributed by atoms with van der Waals surface area (Å²) in [4.78, 5) is 13.5. The summed E-state index contributed by atoms with van der Waals surface area (Å²) in [6, 6.07) is 6.42. The monoisotopic (exact) mass is 282 g/mol. The van der Waals surface area contributed by atoms with Crippen molar-refractivity contribution in [2.75, 3.05) is 12.5 Å². The molecule has 2 rings (SSSR count). The zero-order valence-electron chi connectivity index (χ0n) is 10.7. The predicted molar refractivity (Wildman–Crippen MR) is 77.7 cm³/mol. The van der Waals surface area contributed by atoms with E-state index in [-0.39, 0.29) is 12.3 Å². The van der Waals surface area contributed by atoms with Crippen molar-refractivity contribution < 1.29 is 9.90 Å². The van der Waals surface area contributed by atoms with Crippen LogP contribution >= 0.6 is 23.5 Å². The van der Waals surface area contributed by atoms with Crippen molar-refractivity contribution in [1.82, 2.24) is 0 Å². The number of aliphatic carboxylic acids is 1. The van der Waals surface area contributed by atoms with E-state index < -0.39 is 5.97 Å². The first-order valence-corrected chi connectivity index (χ1v) is 8.54. The lowest BCUT2D eigenvalue weighted by Crippen LogP contribution is -2.08. The highest BCUT2D eigenvalue weighted by atomic mass is 32.2. The number of thioether (sulfide) groups is 2. The normalized spacial score (nSPS) is 16.6. The van der Waals surface area contributed by atoms with E-state index in [0.29, 0.717) is 5.92 Å². The number of hydrogen-bond donors (Lipinski definition) is 1. The Balaban J connectivity index is 2.26. The lowest BCUT2D eigenvalue weighted by molar-refractivity contribution is -0.137. The molecular formula is C14H18O2S2. The molecule has 0 radical (unpaired) electrons. The first-order chi connectivity index (χ1) is 8.65. The Bertz CT molecular complexity index is 441. The second-order valence-corrected chi connectivity index (χ2v) is 6.35. The van der Waals surface area contributed by atoms with Crippen LogP contribution in [0, 0.1) is 5.92 Å². The molecule has 2 nitrogen and oxygen atoms in total. The fraction of sp³-hybridized carbons (Fsp3) is 0.500. The highest BCUT2D eigenvalue weighted by molar-refractivity contribution is 8.01. The van der Waals surface area contributed by atoms with Crippen molar-refractivity contribution in [3.8, 4) is 0 Å². The predicted octanol–water partition coefficient (Wildman–Crippen LogP) is 4.10. The first-order valence-electron chi connectivity index (χ1n) is 6.09. The minimum absolute atomic E-state index is 0.198. The maximum Gasteiger partial charge on any atom is 0.303 e. The van der Waals surface area contributed by atoms with E-state index in [1.807, 2.05) is 0 Å². The van der Waals surface area contributed by atoms with Crippen LogP contribution in [0.4, 0.5) is 0 Å². The third-order valence-corrected chi connectivity index (χ3v) is 5.12. The minimum Gasteiger partial charge on any atom is -0.481 e. The zero-order valence-corrected chi connectivity index (χ0v) is 12.3. The van der Waals surface area contributed by atoms with E-state index in [2.05, 4.69) is 30.7 Å². The van der Waals surface area contributed by atoms with Crippen LogP contribution in [0.2, 0.25) is 0 Å².